The van der Waals surface area contributed by atoms with Crippen molar-refractivity contribution in [3.63, 3.8) is 0 Å². The fraction of sp³-hybridized carbons (Fsp3) is 0.429. The number of pyridine rings is 1. The first kappa shape index (κ1) is 31.9. The van der Waals surface area contributed by atoms with Gasteiger partial charge in [0.15, 0.2) is 0 Å². The Morgan fingerprint density at radius 1 is 1.05 bits per heavy atom. The molecule has 3 heterocycles. The fourth-order valence-corrected chi connectivity index (χ4v) is 4.75. The number of anilines is 2. The molecular formula is C35H47N3O3. The number of carbonyl (C=O) groups is 1. The molecule has 0 unspecified atom stereocenters. The van der Waals surface area contributed by atoms with Crippen LogP contribution in [-0.2, 0) is 9.53 Å². The van der Waals surface area contributed by atoms with E-state index in [2.05, 4.69) is 74.9 Å². The minimum atomic E-state index is -0.108. The molecule has 41 heavy (non-hydrogen) atoms. The molecule has 0 bridgehead atoms. The maximum Gasteiger partial charge on any atom is 0.256 e. The molecule has 3 aromatic rings. The van der Waals surface area contributed by atoms with Crippen molar-refractivity contribution in [2.45, 2.75) is 60.8 Å². The number of carbonyl (C=O) groups excluding carboxylic acids is 1. The van der Waals surface area contributed by atoms with Crippen LogP contribution in [0.5, 0.6) is 5.75 Å². The number of ether oxygens (including phenoxy) is 2. The molecule has 220 valence electrons. The molecule has 0 aliphatic carbocycles. The first-order chi connectivity index (χ1) is 19.9. The quantitative estimate of drug-likeness (QED) is 0.283. The lowest BCUT2D eigenvalue weighted by atomic mass is 9.95. The zero-order valence-corrected chi connectivity index (χ0v) is 25.9. The summed E-state index contributed by atoms with van der Waals surface area (Å²) in [5.74, 6) is 1.55. The van der Waals surface area contributed by atoms with Crippen LogP contribution in [0, 0.1) is 12.8 Å². The molecule has 2 aromatic carbocycles. The zero-order valence-electron chi connectivity index (χ0n) is 25.9. The van der Waals surface area contributed by atoms with E-state index in [0.29, 0.717) is 5.57 Å². The molecule has 1 amide bonds. The topological polar surface area (TPSA) is 63.7 Å². The Bertz CT molecular complexity index is 1290. The van der Waals surface area contributed by atoms with E-state index in [1.807, 2.05) is 42.6 Å². The van der Waals surface area contributed by atoms with Crippen LogP contribution < -0.4 is 15.0 Å². The molecule has 6 heteroatoms. The number of hydrogen-bond acceptors (Lipinski definition) is 5. The number of aromatic nitrogens is 1. The number of rotatable bonds is 8. The standard InChI is InChI=1S/C28H31N3O2.C4H8O.C3H8/c1-5-14-31(15-6-2)22-12-11-21(29-18-22)17-24-23-16-20(10-13-25(23)30-28(24)32)27-19(3)8-7-9-26(27)33-4;1-4-2-5-3-4;1-3-2/h7-13,16-18H,5-6,14-15H2,1-4H3,(H,30,32);4H,2-3H2,1H3;3H2,1-2H3/b24-17-;;. The SMILES string of the molecule is CC1COC1.CCC.CCCN(CCC)c1ccc(/C=C2\C(=O)Nc3ccc(-c4c(C)cccc4OC)cc32)nc1. The van der Waals surface area contributed by atoms with Crippen LogP contribution in [0.15, 0.2) is 54.7 Å². The van der Waals surface area contributed by atoms with Crippen molar-refractivity contribution in [1.29, 1.82) is 0 Å². The highest BCUT2D eigenvalue weighted by Gasteiger charge is 2.25. The molecule has 1 fully saturated rings. The summed E-state index contributed by atoms with van der Waals surface area (Å²) >= 11 is 0. The molecule has 0 radical (unpaired) electrons. The Hall–Kier alpha value is -3.64. The Kier molecular flexibility index (Phi) is 12.4. The van der Waals surface area contributed by atoms with Crippen LogP contribution in [0.1, 0.15) is 70.7 Å². The molecule has 0 saturated carbocycles. The Balaban J connectivity index is 0.000000504. The molecule has 2 aliphatic heterocycles. The molecule has 1 N–H and O–H groups in total. The van der Waals surface area contributed by atoms with Crippen molar-refractivity contribution < 1.29 is 14.3 Å². The van der Waals surface area contributed by atoms with Gasteiger partial charge in [0.05, 0.1) is 43.5 Å². The smallest absolute Gasteiger partial charge is 0.256 e. The molecule has 1 saturated heterocycles. The minimum Gasteiger partial charge on any atom is -0.496 e. The van der Waals surface area contributed by atoms with Crippen molar-refractivity contribution in [3.05, 3.63) is 71.5 Å². The third kappa shape index (κ3) is 8.43. The van der Waals surface area contributed by atoms with Gasteiger partial charge in [0.1, 0.15) is 5.75 Å². The third-order valence-corrected chi connectivity index (χ3v) is 6.77. The van der Waals surface area contributed by atoms with Crippen molar-refractivity contribution in [3.8, 4) is 16.9 Å². The summed E-state index contributed by atoms with van der Waals surface area (Å²) in [4.78, 5) is 19.8. The van der Waals surface area contributed by atoms with Gasteiger partial charge in [-0.3, -0.25) is 9.78 Å². The highest BCUT2D eigenvalue weighted by Crippen LogP contribution is 2.39. The summed E-state index contributed by atoms with van der Waals surface area (Å²) in [6.45, 7) is 16.9. The van der Waals surface area contributed by atoms with Crippen LogP contribution in [0.2, 0.25) is 0 Å². The molecule has 5 rings (SSSR count). The highest BCUT2D eigenvalue weighted by atomic mass is 16.5. The summed E-state index contributed by atoms with van der Waals surface area (Å²) in [7, 11) is 1.68. The molecule has 1 aromatic heterocycles. The van der Waals surface area contributed by atoms with E-state index in [1.165, 1.54) is 6.42 Å². The molecule has 0 spiro atoms. The van der Waals surface area contributed by atoms with Crippen LogP contribution >= 0.6 is 0 Å². The molecular weight excluding hydrogens is 510 g/mol. The second-order valence-corrected chi connectivity index (χ2v) is 10.7. The maximum atomic E-state index is 12.8. The van der Waals surface area contributed by atoms with Crippen LogP contribution in [0.3, 0.4) is 0 Å². The summed E-state index contributed by atoms with van der Waals surface area (Å²) in [5.41, 5.74) is 7.38. The first-order valence-electron chi connectivity index (χ1n) is 15.0. The Labute approximate surface area is 246 Å². The minimum absolute atomic E-state index is 0.108. The van der Waals surface area contributed by atoms with E-state index in [-0.39, 0.29) is 5.91 Å². The van der Waals surface area contributed by atoms with Gasteiger partial charge in [0, 0.05) is 35.8 Å². The van der Waals surface area contributed by atoms with Gasteiger partial charge >= 0.3 is 0 Å². The van der Waals surface area contributed by atoms with E-state index in [9.17, 15) is 4.79 Å². The van der Waals surface area contributed by atoms with E-state index in [1.54, 1.807) is 7.11 Å². The van der Waals surface area contributed by atoms with E-state index in [0.717, 1.165) is 90.1 Å². The summed E-state index contributed by atoms with van der Waals surface area (Å²) < 4.78 is 10.4. The van der Waals surface area contributed by atoms with Crippen molar-refractivity contribution >= 4 is 28.9 Å². The van der Waals surface area contributed by atoms with E-state index >= 15 is 0 Å². The lowest BCUT2D eigenvalue weighted by Crippen LogP contribution is -2.24. The number of hydrogen-bond donors (Lipinski definition) is 1. The van der Waals surface area contributed by atoms with Gasteiger partial charge in [0.25, 0.3) is 5.91 Å². The number of methoxy groups -OCH3 is 1. The second kappa shape index (κ2) is 16.0. The van der Waals surface area contributed by atoms with Gasteiger partial charge < -0.3 is 19.7 Å². The van der Waals surface area contributed by atoms with E-state index in [4.69, 9.17) is 9.47 Å². The normalized spacial score (nSPS) is 14.6. The number of nitrogens with one attached hydrogen (secondary N) is 1. The third-order valence-electron chi connectivity index (χ3n) is 6.77. The number of amides is 1. The molecule has 2 aliphatic rings. The van der Waals surface area contributed by atoms with Crippen LogP contribution in [-0.4, -0.2) is 44.3 Å². The van der Waals surface area contributed by atoms with Gasteiger partial charge in [-0.15, -0.1) is 0 Å². The number of aryl methyl sites for hydroxylation is 1. The Morgan fingerprint density at radius 3 is 2.27 bits per heavy atom. The van der Waals surface area contributed by atoms with Crippen molar-refractivity contribution in [2.75, 3.05) is 43.6 Å². The van der Waals surface area contributed by atoms with E-state index < -0.39 is 0 Å². The van der Waals surface area contributed by atoms with Crippen molar-refractivity contribution in [1.82, 2.24) is 4.98 Å². The number of benzene rings is 2. The molecule has 0 atom stereocenters. The summed E-state index contributed by atoms with van der Waals surface area (Å²) in [5, 5.41) is 2.98. The summed E-state index contributed by atoms with van der Waals surface area (Å²) in [6, 6.07) is 16.1. The van der Waals surface area contributed by atoms with Gasteiger partial charge in [-0.25, -0.2) is 0 Å². The number of nitrogens with zero attached hydrogens (tertiary/aromatic N) is 2. The van der Waals surface area contributed by atoms with Crippen molar-refractivity contribution in [2.24, 2.45) is 5.92 Å². The second-order valence-electron chi connectivity index (χ2n) is 10.7. The van der Waals surface area contributed by atoms with Gasteiger partial charge in [-0.1, -0.05) is 59.2 Å². The van der Waals surface area contributed by atoms with Crippen LogP contribution in [0.25, 0.3) is 22.8 Å². The lowest BCUT2D eigenvalue weighted by Gasteiger charge is -2.23. The van der Waals surface area contributed by atoms with Gasteiger partial charge in [-0.2, -0.15) is 0 Å². The Morgan fingerprint density at radius 2 is 1.73 bits per heavy atom. The lowest BCUT2D eigenvalue weighted by molar-refractivity contribution is -0.110. The zero-order chi connectivity index (χ0) is 29.8. The predicted molar refractivity (Wildman–Crippen MR) is 173 cm³/mol. The van der Waals surface area contributed by atoms with Gasteiger partial charge in [-0.05, 0) is 67.3 Å². The van der Waals surface area contributed by atoms with Gasteiger partial charge in [0.2, 0.25) is 0 Å². The average molecular weight is 558 g/mol. The highest BCUT2D eigenvalue weighted by molar-refractivity contribution is 6.35. The predicted octanol–water partition coefficient (Wildman–Crippen LogP) is 8.25. The number of fused-ring (bicyclic) bond motifs is 1. The maximum absolute atomic E-state index is 12.8. The van der Waals surface area contributed by atoms with Crippen LogP contribution in [0.4, 0.5) is 11.4 Å². The average Bonchev–Trinajstić information content (AvgIpc) is 3.26. The molecule has 6 nitrogen and oxygen atoms in total. The summed E-state index contributed by atoms with van der Waals surface area (Å²) in [6.07, 6.45) is 7.21. The fourth-order valence-electron chi connectivity index (χ4n) is 4.75. The monoisotopic (exact) mass is 557 g/mol. The largest absolute Gasteiger partial charge is 0.496 e. The first-order valence-corrected chi connectivity index (χ1v) is 15.0.